The minimum Gasteiger partial charge on any atom is -0.496 e. The van der Waals surface area contributed by atoms with Crippen molar-refractivity contribution in [3.8, 4) is 11.5 Å². The number of rotatable bonds is 7. The number of carbonyl (C=O) groups is 2. The first kappa shape index (κ1) is 27.7. The molecule has 1 N–H and O–H groups in total. The average Bonchev–Trinajstić information content (AvgIpc) is 2.99. The molecule has 1 saturated heterocycles. The summed E-state index contributed by atoms with van der Waals surface area (Å²) in [5.41, 5.74) is 2.25. The molecule has 1 fully saturated rings. The summed E-state index contributed by atoms with van der Waals surface area (Å²) in [6.07, 6.45) is 0.211. The van der Waals surface area contributed by atoms with Crippen molar-refractivity contribution < 1.29 is 27.5 Å². The van der Waals surface area contributed by atoms with Gasteiger partial charge in [-0.15, -0.1) is 0 Å². The topological polar surface area (TPSA) is 105 Å². The molecule has 0 radical (unpaired) electrons. The van der Waals surface area contributed by atoms with E-state index >= 15 is 0 Å². The van der Waals surface area contributed by atoms with Crippen LogP contribution in [0, 0.1) is 12.8 Å². The molecular weight excluding hydrogens is 530 g/mol. The summed E-state index contributed by atoms with van der Waals surface area (Å²) in [6, 6.07) is 21.4. The van der Waals surface area contributed by atoms with Crippen molar-refractivity contribution in [3.05, 3.63) is 83.9 Å². The lowest BCUT2D eigenvalue weighted by molar-refractivity contribution is -0.129. The maximum atomic E-state index is 13.9. The molecule has 10 heteroatoms. The Morgan fingerprint density at radius 1 is 1.02 bits per heavy atom. The summed E-state index contributed by atoms with van der Waals surface area (Å²) in [5, 5.41) is 2.90. The number of hydrogen-bond acceptors (Lipinski definition) is 6. The highest BCUT2D eigenvalue weighted by Crippen LogP contribution is 2.36. The quantitative estimate of drug-likeness (QED) is 0.472. The van der Waals surface area contributed by atoms with Crippen molar-refractivity contribution in [2.75, 3.05) is 31.6 Å². The first-order valence-electron chi connectivity index (χ1n) is 13.3. The third-order valence-electron chi connectivity index (χ3n) is 7.38. The van der Waals surface area contributed by atoms with Gasteiger partial charge in [-0.05, 0) is 61.2 Å². The Hall–Kier alpha value is -3.89. The standard InChI is InChI=1S/C30H33N3O6S/c1-21-17-24(14-15-26(21)38-2)40(36,37)32-16-8-11-23(19-32)30(35)33-20-28(39-27-13-7-6-12-25(27)33)29(34)31-18-22-9-4-3-5-10-22/h3-7,9-10,12-15,17,23,28H,8,11,16,18-20H2,1-2H3,(H,31,34)/t23-,28+/m0/s1. The lowest BCUT2D eigenvalue weighted by Gasteiger charge is -2.38. The summed E-state index contributed by atoms with van der Waals surface area (Å²) in [4.78, 5) is 28.7. The van der Waals surface area contributed by atoms with E-state index < -0.39 is 22.0 Å². The van der Waals surface area contributed by atoms with Gasteiger partial charge in [0.1, 0.15) is 11.5 Å². The predicted octanol–water partition coefficient (Wildman–Crippen LogP) is 3.51. The molecule has 2 amide bonds. The van der Waals surface area contributed by atoms with Crippen LogP contribution in [0.5, 0.6) is 11.5 Å². The van der Waals surface area contributed by atoms with Gasteiger partial charge in [-0.25, -0.2) is 8.42 Å². The summed E-state index contributed by atoms with van der Waals surface area (Å²) < 4.78 is 39.6. The smallest absolute Gasteiger partial charge is 0.263 e. The number of aryl methyl sites for hydroxylation is 1. The van der Waals surface area contributed by atoms with Crippen LogP contribution < -0.4 is 19.7 Å². The molecule has 3 aromatic rings. The highest BCUT2D eigenvalue weighted by atomic mass is 32.2. The molecule has 0 bridgehead atoms. The molecule has 3 aromatic carbocycles. The first-order chi connectivity index (χ1) is 19.3. The fourth-order valence-electron chi connectivity index (χ4n) is 5.22. The minimum absolute atomic E-state index is 0.0391. The van der Waals surface area contributed by atoms with Crippen LogP contribution in [0.15, 0.2) is 77.7 Å². The first-order valence-corrected chi connectivity index (χ1v) is 14.8. The Balaban J connectivity index is 1.33. The number of nitrogens with zero attached hydrogens (tertiary/aromatic N) is 2. The summed E-state index contributed by atoms with van der Waals surface area (Å²) in [5.74, 6) is -0.0432. The Bertz CT molecular complexity index is 1490. The van der Waals surface area contributed by atoms with E-state index in [2.05, 4.69) is 5.32 Å². The number of sulfonamides is 1. The fourth-order valence-corrected chi connectivity index (χ4v) is 6.83. The second kappa shape index (κ2) is 11.7. The Morgan fingerprint density at radius 2 is 1.77 bits per heavy atom. The number of anilines is 1. The molecule has 0 aromatic heterocycles. The van der Waals surface area contributed by atoms with Gasteiger partial charge in [0.05, 0.1) is 30.2 Å². The molecule has 9 nitrogen and oxygen atoms in total. The van der Waals surface area contributed by atoms with E-state index in [0.717, 1.165) is 11.1 Å². The zero-order chi connectivity index (χ0) is 28.3. The molecule has 0 aliphatic carbocycles. The number of amides is 2. The maximum Gasteiger partial charge on any atom is 0.263 e. The summed E-state index contributed by atoms with van der Waals surface area (Å²) in [6.45, 7) is 2.58. The van der Waals surface area contributed by atoms with Crippen LogP contribution >= 0.6 is 0 Å². The SMILES string of the molecule is COc1ccc(S(=O)(=O)N2CCC[C@H](C(=O)N3C[C@H](C(=O)NCc4ccccc4)Oc4ccccc43)C2)cc1C. The summed E-state index contributed by atoms with van der Waals surface area (Å²) >= 11 is 0. The van der Waals surface area contributed by atoms with Gasteiger partial charge in [-0.2, -0.15) is 4.31 Å². The molecule has 0 unspecified atom stereocenters. The monoisotopic (exact) mass is 563 g/mol. The lowest BCUT2D eigenvalue weighted by atomic mass is 9.97. The van der Waals surface area contributed by atoms with Crippen LogP contribution in [0.2, 0.25) is 0 Å². The Kier molecular flexibility index (Phi) is 8.09. The van der Waals surface area contributed by atoms with E-state index in [4.69, 9.17) is 9.47 Å². The number of carbonyl (C=O) groups excluding carboxylic acids is 2. The van der Waals surface area contributed by atoms with Crippen molar-refractivity contribution in [1.29, 1.82) is 0 Å². The molecule has 2 aliphatic rings. The fraction of sp³-hybridized carbons (Fsp3) is 0.333. The molecule has 2 aliphatic heterocycles. The normalized spacial score (nSPS) is 19.3. The average molecular weight is 564 g/mol. The predicted molar refractivity (Wildman–Crippen MR) is 151 cm³/mol. The molecule has 0 saturated carbocycles. The van der Waals surface area contributed by atoms with Gasteiger partial charge in [0.25, 0.3) is 5.91 Å². The largest absolute Gasteiger partial charge is 0.496 e. The van der Waals surface area contributed by atoms with E-state index in [9.17, 15) is 18.0 Å². The zero-order valence-electron chi connectivity index (χ0n) is 22.6. The number of benzene rings is 3. The molecule has 0 spiro atoms. The Labute approximate surface area is 234 Å². The van der Waals surface area contributed by atoms with Gasteiger partial charge in [0.15, 0.2) is 6.10 Å². The number of nitrogens with one attached hydrogen (secondary N) is 1. The second-order valence-corrected chi connectivity index (χ2v) is 12.0. The minimum atomic E-state index is -3.81. The van der Waals surface area contributed by atoms with Gasteiger partial charge in [-0.1, -0.05) is 42.5 Å². The van der Waals surface area contributed by atoms with Crippen LogP contribution in [0.25, 0.3) is 0 Å². The van der Waals surface area contributed by atoms with Crippen molar-refractivity contribution in [2.45, 2.75) is 37.3 Å². The molecule has 210 valence electrons. The lowest BCUT2D eigenvalue weighted by Crippen LogP contribution is -2.53. The number of hydrogen-bond donors (Lipinski definition) is 1. The van der Waals surface area contributed by atoms with Crippen LogP contribution in [0.1, 0.15) is 24.0 Å². The van der Waals surface area contributed by atoms with Gasteiger partial charge >= 0.3 is 0 Å². The molecule has 2 atom stereocenters. The van der Waals surface area contributed by atoms with Crippen molar-refractivity contribution in [1.82, 2.24) is 9.62 Å². The van der Waals surface area contributed by atoms with E-state index in [1.165, 1.54) is 10.4 Å². The van der Waals surface area contributed by atoms with Crippen LogP contribution in [0.3, 0.4) is 0 Å². The number of piperidine rings is 1. The van der Waals surface area contributed by atoms with Gasteiger partial charge in [0, 0.05) is 19.6 Å². The molecule has 5 rings (SSSR count). The Morgan fingerprint density at radius 3 is 2.52 bits per heavy atom. The van der Waals surface area contributed by atoms with Gasteiger partial charge in [0.2, 0.25) is 15.9 Å². The maximum absolute atomic E-state index is 13.9. The van der Waals surface area contributed by atoms with Gasteiger partial charge in [-0.3, -0.25) is 9.59 Å². The molecular formula is C30H33N3O6S. The van der Waals surface area contributed by atoms with E-state index in [1.807, 2.05) is 36.4 Å². The van der Waals surface area contributed by atoms with Crippen molar-refractivity contribution in [3.63, 3.8) is 0 Å². The van der Waals surface area contributed by atoms with Crippen molar-refractivity contribution in [2.24, 2.45) is 5.92 Å². The molecule has 2 heterocycles. The van der Waals surface area contributed by atoms with Crippen LogP contribution in [-0.2, 0) is 26.2 Å². The van der Waals surface area contributed by atoms with Crippen LogP contribution in [0.4, 0.5) is 5.69 Å². The number of methoxy groups -OCH3 is 1. The second-order valence-electron chi connectivity index (χ2n) is 10.1. The van der Waals surface area contributed by atoms with E-state index in [1.54, 1.807) is 49.3 Å². The van der Waals surface area contributed by atoms with E-state index in [-0.39, 0.29) is 29.8 Å². The van der Waals surface area contributed by atoms with E-state index in [0.29, 0.717) is 43.1 Å². The zero-order valence-corrected chi connectivity index (χ0v) is 23.4. The highest BCUT2D eigenvalue weighted by Gasteiger charge is 2.39. The number of ether oxygens (including phenoxy) is 2. The third kappa shape index (κ3) is 5.68. The molecule has 40 heavy (non-hydrogen) atoms. The highest BCUT2D eigenvalue weighted by molar-refractivity contribution is 7.89. The van der Waals surface area contributed by atoms with Crippen LogP contribution in [-0.4, -0.2) is 57.4 Å². The summed E-state index contributed by atoms with van der Waals surface area (Å²) in [7, 11) is -2.27. The van der Waals surface area contributed by atoms with Crippen molar-refractivity contribution >= 4 is 27.5 Å². The number of fused-ring (bicyclic) bond motifs is 1. The van der Waals surface area contributed by atoms with Gasteiger partial charge < -0.3 is 19.7 Å². The number of para-hydroxylation sites is 2. The third-order valence-corrected chi connectivity index (χ3v) is 9.24.